The molecule has 1 fully saturated rings. The summed E-state index contributed by atoms with van der Waals surface area (Å²) in [5, 5.41) is 20.0. The number of rotatable bonds is 7. The number of hydrogen-bond donors (Lipinski definition) is 0. The average Bonchev–Trinajstić information content (AvgIpc) is 3.49. The second-order valence-electron chi connectivity index (χ2n) is 6.82. The lowest BCUT2D eigenvalue weighted by Gasteiger charge is -2.20. The highest BCUT2D eigenvalue weighted by atomic mass is 35.5. The summed E-state index contributed by atoms with van der Waals surface area (Å²) in [6, 6.07) is 11.2. The molecule has 10 heteroatoms. The number of nitrogens with zero attached hydrogens (tertiary/aromatic N) is 4. The first-order valence-electron chi connectivity index (χ1n) is 9.18. The fourth-order valence-electron chi connectivity index (χ4n) is 3.06. The summed E-state index contributed by atoms with van der Waals surface area (Å²) in [4.78, 5) is 25.4. The minimum atomic E-state index is -0.576. The van der Waals surface area contributed by atoms with E-state index in [4.69, 9.17) is 20.8 Å². The molecule has 0 atom stereocenters. The number of nitro groups is 1. The number of carbonyl (C=O) groups is 1. The lowest BCUT2D eigenvalue weighted by atomic mass is 10.1. The zero-order chi connectivity index (χ0) is 21.3. The quantitative estimate of drug-likeness (QED) is 0.411. The van der Waals surface area contributed by atoms with Crippen LogP contribution in [0.25, 0.3) is 11.5 Å². The van der Waals surface area contributed by atoms with Gasteiger partial charge < -0.3 is 14.1 Å². The summed E-state index contributed by atoms with van der Waals surface area (Å²) < 4.78 is 10.7. The average molecular weight is 429 g/mol. The highest BCUT2D eigenvalue weighted by molar-refractivity contribution is 6.30. The van der Waals surface area contributed by atoms with E-state index in [0.29, 0.717) is 16.5 Å². The van der Waals surface area contributed by atoms with E-state index >= 15 is 0 Å². The minimum absolute atomic E-state index is 0.0320. The Morgan fingerprint density at radius 2 is 2.00 bits per heavy atom. The third kappa shape index (κ3) is 4.11. The molecular formula is C20H17ClN4O5. The molecule has 2 aromatic carbocycles. The molecule has 0 aliphatic heterocycles. The minimum Gasteiger partial charge on any atom is -0.490 e. The van der Waals surface area contributed by atoms with E-state index < -0.39 is 4.92 Å². The van der Waals surface area contributed by atoms with Crippen LogP contribution in [0.2, 0.25) is 5.02 Å². The standard InChI is InChI=1S/C20H17ClN4O5/c1-29-17-9-4-13(10-16(17)25(27)28)20(26)24(15-7-8-15)11-18-22-23-19(30-18)12-2-5-14(21)6-3-12/h2-6,9-10,15H,7-8,11H2,1H3. The number of hydrogen-bond acceptors (Lipinski definition) is 7. The van der Waals surface area contributed by atoms with Gasteiger partial charge in [-0.05, 0) is 49.2 Å². The highest BCUT2D eigenvalue weighted by Crippen LogP contribution is 2.33. The molecular weight excluding hydrogens is 412 g/mol. The molecule has 0 saturated heterocycles. The lowest BCUT2D eigenvalue weighted by Crippen LogP contribution is -2.32. The van der Waals surface area contributed by atoms with Gasteiger partial charge in [-0.3, -0.25) is 14.9 Å². The molecule has 1 amide bonds. The predicted molar refractivity (Wildman–Crippen MR) is 107 cm³/mol. The van der Waals surface area contributed by atoms with Crippen molar-refractivity contribution in [1.29, 1.82) is 0 Å². The summed E-state index contributed by atoms with van der Waals surface area (Å²) in [6.45, 7) is 0.115. The second-order valence-corrected chi connectivity index (χ2v) is 7.25. The molecule has 1 aliphatic rings. The van der Waals surface area contributed by atoms with E-state index in [1.54, 1.807) is 29.2 Å². The van der Waals surface area contributed by atoms with Crippen molar-refractivity contribution in [3.8, 4) is 17.2 Å². The van der Waals surface area contributed by atoms with Gasteiger partial charge in [0, 0.05) is 28.3 Å². The van der Waals surface area contributed by atoms with Crippen LogP contribution in [0, 0.1) is 10.1 Å². The fraction of sp³-hybridized carbons (Fsp3) is 0.250. The maximum Gasteiger partial charge on any atom is 0.311 e. The monoisotopic (exact) mass is 428 g/mol. The molecule has 1 saturated carbocycles. The largest absolute Gasteiger partial charge is 0.490 e. The molecule has 0 unspecified atom stereocenters. The zero-order valence-corrected chi connectivity index (χ0v) is 16.7. The topological polar surface area (TPSA) is 112 Å². The van der Waals surface area contributed by atoms with Crippen LogP contribution in [0.1, 0.15) is 29.1 Å². The number of benzene rings is 2. The Kier molecular flexibility index (Phi) is 5.37. The molecule has 0 spiro atoms. The first kappa shape index (κ1) is 19.8. The summed E-state index contributed by atoms with van der Waals surface area (Å²) in [5.41, 5.74) is 0.655. The molecule has 0 radical (unpaired) electrons. The van der Waals surface area contributed by atoms with Gasteiger partial charge in [0.1, 0.15) is 0 Å². The number of nitro benzene ring substituents is 1. The van der Waals surface area contributed by atoms with Crippen molar-refractivity contribution >= 4 is 23.2 Å². The van der Waals surface area contributed by atoms with E-state index in [1.807, 2.05) is 0 Å². The van der Waals surface area contributed by atoms with E-state index in [0.717, 1.165) is 12.8 Å². The van der Waals surface area contributed by atoms with Crippen LogP contribution in [-0.4, -0.2) is 39.1 Å². The van der Waals surface area contributed by atoms with E-state index in [1.165, 1.54) is 25.3 Å². The Hall–Kier alpha value is -3.46. The molecule has 9 nitrogen and oxygen atoms in total. The molecule has 1 aromatic heterocycles. The number of halogens is 1. The van der Waals surface area contributed by atoms with Crippen LogP contribution in [-0.2, 0) is 6.54 Å². The van der Waals surface area contributed by atoms with Crippen LogP contribution >= 0.6 is 11.6 Å². The summed E-state index contributed by atoms with van der Waals surface area (Å²) in [7, 11) is 1.34. The molecule has 154 valence electrons. The van der Waals surface area contributed by atoms with Gasteiger partial charge in [0.2, 0.25) is 11.8 Å². The Morgan fingerprint density at radius 1 is 1.27 bits per heavy atom. The van der Waals surface area contributed by atoms with Crippen molar-refractivity contribution in [1.82, 2.24) is 15.1 Å². The molecule has 1 heterocycles. The molecule has 4 rings (SSSR count). The molecule has 0 N–H and O–H groups in total. The Morgan fingerprint density at radius 3 is 2.63 bits per heavy atom. The third-order valence-corrected chi connectivity index (χ3v) is 4.99. The van der Waals surface area contributed by atoms with E-state index in [-0.39, 0.29) is 41.4 Å². The van der Waals surface area contributed by atoms with Gasteiger partial charge in [-0.1, -0.05) is 11.6 Å². The van der Waals surface area contributed by atoms with Gasteiger partial charge in [0.15, 0.2) is 5.75 Å². The highest BCUT2D eigenvalue weighted by Gasteiger charge is 2.35. The van der Waals surface area contributed by atoms with Crippen molar-refractivity contribution in [2.75, 3.05) is 7.11 Å². The van der Waals surface area contributed by atoms with Crippen molar-refractivity contribution in [3.63, 3.8) is 0 Å². The number of ether oxygens (including phenoxy) is 1. The first-order chi connectivity index (χ1) is 14.5. The molecule has 30 heavy (non-hydrogen) atoms. The number of aromatic nitrogens is 2. The second kappa shape index (κ2) is 8.11. The first-order valence-corrected chi connectivity index (χ1v) is 9.56. The third-order valence-electron chi connectivity index (χ3n) is 4.73. The lowest BCUT2D eigenvalue weighted by molar-refractivity contribution is -0.385. The Labute approximate surface area is 176 Å². The predicted octanol–water partition coefficient (Wildman–Crippen LogP) is 4.11. The molecule has 0 bridgehead atoms. The van der Waals surface area contributed by atoms with Crippen molar-refractivity contribution in [3.05, 3.63) is 69.1 Å². The fourth-order valence-corrected chi connectivity index (χ4v) is 3.18. The summed E-state index contributed by atoms with van der Waals surface area (Å²) in [5.74, 6) is 0.363. The van der Waals surface area contributed by atoms with Crippen LogP contribution in [0.15, 0.2) is 46.9 Å². The van der Waals surface area contributed by atoms with Crippen LogP contribution in [0.5, 0.6) is 5.75 Å². The number of methoxy groups -OCH3 is 1. The van der Waals surface area contributed by atoms with E-state index in [9.17, 15) is 14.9 Å². The molecule has 3 aromatic rings. The maximum atomic E-state index is 13.1. The maximum absolute atomic E-state index is 13.1. The van der Waals surface area contributed by atoms with Gasteiger partial charge in [-0.25, -0.2) is 0 Å². The zero-order valence-electron chi connectivity index (χ0n) is 15.9. The summed E-state index contributed by atoms with van der Waals surface area (Å²) >= 11 is 5.90. The SMILES string of the molecule is COc1ccc(C(=O)N(Cc2nnc(-c3ccc(Cl)cc3)o2)C2CC2)cc1[N+](=O)[O-]. The van der Waals surface area contributed by atoms with Crippen molar-refractivity contribution in [2.45, 2.75) is 25.4 Å². The van der Waals surface area contributed by atoms with Gasteiger partial charge in [0.05, 0.1) is 18.6 Å². The van der Waals surface area contributed by atoms with Crippen molar-refractivity contribution in [2.24, 2.45) is 0 Å². The Bertz CT molecular complexity index is 1090. The van der Waals surface area contributed by atoms with Gasteiger partial charge >= 0.3 is 5.69 Å². The Balaban J connectivity index is 1.57. The van der Waals surface area contributed by atoms with Gasteiger partial charge in [-0.15, -0.1) is 10.2 Å². The smallest absolute Gasteiger partial charge is 0.311 e. The normalized spacial score (nSPS) is 13.1. The van der Waals surface area contributed by atoms with E-state index in [2.05, 4.69) is 10.2 Å². The number of amides is 1. The summed E-state index contributed by atoms with van der Waals surface area (Å²) in [6.07, 6.45) is 1.70. The number of carbonyl (C=O) groups excluding carboxylic acids is 1. The van der Waals surface area contributed by atoms with Crippen LogP contribution in [0.4, 0.5) is 5.69 Å². The van der Waals surface area contributed by atoms with Gasteiger partial charge in [0.25, 0.3) is 5.91 Å². The van der Waals surface area contributed by atoms with Gasteiger partial charge in [-0.2, -0.15) is 0 Å². The van der Waals surface area contributed by atoms with Crippen LogP contribution in [0.3, 0.4) is 0 Å². The molecule has 1 aliphatic carbocycles. The van der Waals surface area contributed by atoms with Crippen LogP contribution < -0.4 is 4.74 Å². The van der Waals surface area contributed by atoms with Crippen molar-refractivity contribution < 1.29 is 18.9 Å².